The molecule has 1 aliphatic rings. The van der Waals surface area contributed by atoms with Gasteiger partial charge >= 0.3 is 0 Å². The van der Waals surface area contributed by atoms with E-state index >= 15 is 0 Å². The van der Waals surface area contributed by atoms with Crippen LogP contribution in [0.3, 0.4) is 0 Å². The van der Waals surface area contributed by atoms with Gasteiger partial charge in [-0.25, -0.2) is 0 Å². The van der Waals surface area contributed by atoms with Crippen LogP contribution in [-0.2, 0) is 9.47 Å². The summed E-state index contributed by atoms with van der Waals surface area (Å²) >= 11 is 2.22. The Morgan fingerprint density at radius 3 is 2.88 bits per heavy atom. The molecule has 90 valence electrons. The molecule has 4 heteroatoms. The Kier molecular flexibility index (Phi) is 4.77. The average Bonchev–Trinajstić information content (AvgIpc) is 2.38. The van der Waals surface area contributed by atoms with Crippen LogP contribution in [0.4, 0.5) is 0 Å². The van der Waals surface area contributed by atoms with Gasteiger partial charge in [-0.3, -0.25) is 0 Å². The number of nitrogens with zero attached hydrogens (tertiary/aromatic N) is 1. The van der Waals surface area contributed by atoms with Gasteiger partial charge < -0.3 is 9.47 Å². The summed E-state index contributed by atoms with van der Waals surface area (Å²) in [5, 5.41) is 9.20. The van der Waals surface area contributed by atoms with E-state index in [1.807, 2.05) is 24.3 Å². The van der Waals surface area contributed by atoms with Gasteiger partial charge in [0.1, 0.15) is 0 Å². The SMILES string of the molecule is N#CC(OC1CCCCO1)c1ccccc1I. The van der Waals surface area contributed by atoms with E-state index in [0.29, 0.717) is 0 Å². The molecule has 0 saturated carbocycles. The minimum Gasteiger partial charge on any atom is -0.353 e. The molecule has 1 aromatic carbocycles. The molecule has 0 N–H and O–H groups in total. The van der Waals surface area contributed by atoms with Crippen molar-refractivity contribution in [3.63, 3.8) is 0 Å². The van der Waals surface area contributed by atoms with Crippen molar-refractivity contribution in [3.05, 3.63) is 33.4 Å². The van der Waals surface area contributed by atoms with Gasteiger partial charge in [0.15, 0.2) is 12.4 Å². The van der Waals surface area contributed by atoms with E-state index in [4.69, 9.17) is 9.47 Å². The maximum absolute atomic E-state index is 9.20. The summed E-state index contributed by atoms with van der Waals surface area (Å²) in [4.78, 5) is 0. The third-order valence-electron chi connectivity index (χ3n) is 2.73. The molecule has 1 aliphatic heterocycles. The Morgan fingerprint density at radius 1 is 1.41 bits per heavy atom. The minimum atomic E-state index is -0.536. The zero-order valence-electron chi connectivity index (χ0n) is 9.43. The van der Waals surface area contributed by atoms with Crippen LogP contribution in [-0.4, -0.2) is 12.9 Å². The molecule has 2 atom stereocenters. The highest BCUT2D eigenvalue weighted by Crippen LogP contribution is 2.26. The Bertz CT molecular complexity index is 410. The maximum Gasteiger partial charge on any atom is 0.173 e. The van der Waals surface area contributed by atoms with Crippen molar-refractivity contribution in [2.24, 2.45) is 0 Å². The summed E-state index contributed by atoms with van der Waals surface area (Å²) < 4.78 is 12.3. The largest absolute Gasteiger partial charge is 0.353 e. The monoisotopic (exact) mass is 343 g/mol. The summed E-state index contributed by atoms with van der Waals surface area (Å²) in [5.74, 6) is 0. The Balaban J connectivity index is 2.06. The van der Waals surface area contributed by atoms with E-state index in [9.17, 15) is 5.26 Å². The normalized spacial score (nSPS) is 21.8. The second kappa shape index (κ2) is 6.34. The zero-order valence-corrected chi connectivity index (χ0v) is 11.6. The number of nitriles is 1. The van der Waals surface area contributed by atoms with Gasteiger partial charge in [-0.1, -0.05) is 18.2 Å². The topological polar surface area (TPSA) is 42.2 Å². The standard InChI is InChI=1S/C13H14INO2/c14-11-6-2-1-5-10(11)12(9-15)17-13-7-3-4-8-16-13/h1-2,5-6,12-13H,3-4,7-8H2. The third kappa shape index (κ3) is 3.41. The van der Waals surface area contributed by atoms with E-state index in [-0.39, 0.29) is 6.29 Å². The molecular weight excluding hydrogens is 329 g/mol. The molecular formula is C13H14INO2. The fraction of sp³-hybridized carbons (Fsp3) is 0.462. The van der Waals surface area contributed by atoms with Gasteiger partial charge in [-0.15, -0.1) is 0 Å². The van der Waals surface area contributed by atoms with Gasteiger partial charge in [0.05, 0.1) is 6.07 Å². The lowest BCUT2D eigenvalue weighted by Crippen LogP contribution is -2.24. The Morgan fingerprint density at radius 2 is 2.24 bits per heavy atom. The highest BCUT2D eigenvalue weighted by atomic mass is 127. The van der Waals surface area contributed by atoms with Crippen molar-refractivity contribution < 1.29 is 9.47 Å². The maximum atomic E-state index is 9.20. The molecule has 0 amide bonds. The van der Waals surface area contributed by atoms with E-state index in [1.165, 1.54) is 0 Å². The average molecular weight is 343 g/mol. The van der Waals surface area contributed by atoms with Crippen LogP contribution in [0.25, 0.3) is 0 Å². The molecule has 0 aliphatic carbocycles. The molecule has 1 fully saturated rings. The van der Waals surface area contributed by atoms with Crippen LogP contribution < -0.4 is 0 Å². The molecule has 0 spiro atoms. The molecule has 3 nitrogen and oxygen atoms in total. The summed E-state index contributed by atoms with van der Waals surface area (Å²) in [7, 11) is 0. The van der Waals surface area contributed by atoms with Crippen LogP contribution in [0.2, 0.25) is 0 Å². The van der Waals surface area contributed by atoms with Crippen LogP contribution >= 0.6 is 22.6 Å². The number of halogens is 1. The minimum absolute atomic E-state index is 0.232. The number of benzene rings is 1. The van der Waals surface area contributed by atoms with E-state index < -0.39 is 6.10 Å². The summed E-state index contributed by atoms with van der Waals surface area (Å²) in [6.45, 7) is 0.731. The number of rotatable bonds is 3. The highest BCUT2D eigenvalue weighted by Gasteiger charge is 2.21. The van der Waals surface area contributed by atoms with Crippen molar-refractivity contribution in [2.45, 2.75) is 31.7 Å². The van der Waals surface area contributed by atoms with Crippen molar-refractivity contribution >= 4 is 22.6 Å². The zero-order chi connectivity index (χ0) is 12.1. The second-order valence-electron chi connectivity index (χ2n) is 3.96. The molecule has 0 aromatic heterocycles. The summed E-state index contributed by atoms with van der Waals surface area (Å²) in [5.41, 5.74) is 0.921. The van der Waals surface area contributed by atoms with Crippen LogP contribution in [0.1, 0.15) is 30.9 Å². The molecule has 1 saturated heterocycles. The van der Waals surface area contributed by atoms with Crippen molar-refractivity contribution in [1.29, 1.82) is 5.26 Å². The Hall–Kier alpha value is -0.640. The lowest BCUT2D eigenvalue weighted by Gasteiger charge is -2.25. The quantitative estimate of drug-likeness (QED) is 0.790. The molecule has 1 aromatic rings. The predicted octanol–water partition coefficient (Wildman–Crippen LogP) is 3.40. The number of hydrogen-bond acceptors (Lipinski definition) is 3. The first kappa shape index (κ1) is 12.8. The first-order chi connectivity index (χ1) is 8.31. The fourth-order valence-corrected chi connectivity index (χ4v) is 2.50. The number of hydrogen-bond donors (Lipinski definition) is 0. The van der Waals surface area contributed by atoms with Crippen LogP contribution in [0.5, 0.6) is 0 Å². The van der Waals surface area contributed by atoms with Gasteiger partial charge in [0, 0.05) is 15.7 Å². The van der Waals surface area contributed by atoms with Crippen molar-refractivity contribution in [2.75, 3.05) is 6.61 Å². The summed E-state index contributed by atoms with van der Waals surface area (Å²) in [6.07, 6.45) is 2.30. The highest BCUT2D eigenvalue weighted by molar-refractivity contribution is 14.1. The van der Waals surface area contributed by atoms with Gasteiger partial charge in [-0.05, 0) is 47.9 Å². The van der Waals surface area contributed by atoms with Crippen LogP contribution in [0, 0.1) is 14.9 Å². The van der Waals surface area contributed by atoms with Crippen molar-refractivity contribution in [1.82, 2.24) is 0 Å². The number of ether oxygens (including phenoxy) is 2. The molecule has 17 heavy (non-hydrogen) atoms. The first-order valence-corrected chi connectivity index (χ1v) is 6.80. The molecule has 2 unspecified atom stereocenters. The lowest BCUT2D eigenvalue weighted by atomic mass is 10.1. The predicted molar refractivity (Wildman–Crippen MR) is 72.2 cm³/mol. The second-order valence-corrected chi connectivity index (χ2v) is 5.13. The van der Waals surface area contributed by atoms with Crippen LogP contribution in [0.15, 0.2) is 24.3 Å². The van der Waals surface area contributed by atoms with Crippen molar-refractivity contribution in [3.8, 4) is 6.07 Å². The lowest BCUT2D eigenvalue weighted by molar-refractivity contribution is -0.178. The van der Waals surface area contributed by atoms with E-state index in [0.717, 1.165) is 35.0 Å². The smallest absolute Gasteiger partial charge is 0.173 e. The first-order valence-electron chi connectivity index (χ1n) is 5.72. The van der Waals surface area contributed by atoms with Gasteiger partial charge in [0.25, 0.3) is 0 Å². The van der Waals surface area contributed by atoms with Gasteiger partial charge in [0.2, 0.25) is 0 Å². The molecule has 0 radical (unpaired) electrons. The summed E-state index contributed by atoms with van der Waals surface area (Å²) in [6, 6.07) is 9.98. The van der Waals surface area contributed by atoms with Gasteiger partial charge in [-0.2, -0.15) is 5.26 Å². The van der Waals surface area contributed by atoms with E-state index in [1.54, 1.807) is 0 Å². The molecule has 1 heterocycles. The Labute approximate surface area is 115 Å². The third-order valence-corrected chi connectivity index (χ3v) is 3.71. The van der Waals surface area contributed by atoms with E-state index in [2.05, 4.69) is 28.7 Å². The fourth-order valence-electron chi connectivity index (χ4n) is 1.83. The molecule has 0 bridgehead atoms. The molecule has 2 rings (SSSR count).